The van der Waals surface area contributed by atoms with Crippen molar-refractivity contribution in [3.63, 3.8) is 0 Å². The molecule has 2 rings (SSSR count). The van der Waals surface area contributed by atoms with Crippen LogP contribution in [0.2, 0.25) is 5.02 Å². The van der Waals surface area contributed by atoms with Crippen LogP contribution in [0.5, 0.6) is 0 Å². The summed E-state index contributed by atoms with van der Waals surface area (Å²) in [5.74, 6) is -0.129. The molecule has 0 bridgehead atoms. The molecule has 5 nitrogen and oxygen atoms in total. The van der Waals surface area contributed by atoms with Gasteiger partial charge < -0.3 is 16.0 Å². The van der Waals surface area contributed by atoms with Gasteiger partial charge in [0.15, 0.2) is 0 Å². The Bertz CT molecular complexity index is 537. The average Bonchev–Trinajstić information content (AvgIpc) is 2.59. The fourth-order valence-electron chi connectivity index (χ4n) is 2.78. The number of nitrogens with one attached hydrogen (secondary N) is 1. The number of carbonyl (C=O) groups excluding carboxylic acids is 2. The van der Waals surface area contributed by atoms with Crippen molar-refractivity contribution in [2.24, 2.45) is 11.7 Å². The Labute approximate surface area is 154 Å². The number of unbranched alkanes of at least 4 members (excludes halogenated alkanes) is 1. The maximum Gasteiger partial charge on any atom is 0.253 e. The van der Waals surface area contributed by atoms with Crippen molar-refractivity contribution in [1.29, 1.82) is 0 Å². The number of hydrogen-bond donors (Lipinski definition) is 2. The van der Waals surface area contributed by atoms with Gasteiger partial charge in [0.2, 0.25) is 5.91 Å². The topological polar surface area (TPSA) is 75.4 Å². The summed E-state index contributed by atoms with van der Waals surface area (Å²) in [4.78, 5) is 26.5. The molecule has 0 spiro atoms. The molecule has 1 atom stereocenters. The molecule has 3 N–H and O–H groups in total. The van der Waals surface area contributed by atoms with Crippen molar-refractivity contribution in [2.75, 3.05) is 26.2 Å². The van der Waals surface area contributed by atoms with E-state index in [1.807, 2.05) is 0 Å². The molecule has 1 aromatic carbocycles. The van der Waals surface area contributed by atoms with Gasteiger partial charge in [0, 0.05) is 30.2 Å². The molecule has 1 unspecified atom stereocenters. The van der Waals surface area contributed by atoms with Crippen LogP contribution in [0.4, 0.5) is 0 Å². The average molecular weight is 374 g/mol. The van der Waals surface area contributed by atoms with Crippen LogP contribution in [0, 0.1) is 5.92 Å². The van der Waals surface area contributed by atoms with E-state index in [1.165, 1.54) is 0 Å². The molecule has 0 aromatic heterocycles. The molecule has 134 valence electrons. The minimum absolute atomic E-state index is 0. The highest BCUT2D eigenvalue weighted by Crippen LogP contribution is 2.19. The molecule has 1 heterocycles. The zero-order valence-corrected chi connectivity index (χ0v) is 15.2. The van der Waals surface area contributed by atoms with Gasteiger partial charge in [0.1, 0.15) is 0 Å². The summed E-state index contributed by atoms with van der Waals surface area (Å²) in [6, 6.07) is 6.86. The van der Waals surface area contributed by atoms with Crippen LogP contribution in [-0.4, -0.2) is 42.9 Å². The number of halogens is 2. The fraction of sp³-hybridized carbons (Fsp3) is 0.529. The van der Waals surface area contributed by atoms with E-state index < -0.39 is 0 Å². The zero-order chi connectivity index (χ0) is 16.7. The first kappa shape index (κ1) is 20.7. The van der Waals surface area contributed by atoms with Gasteiger partial charge in [-0.15, -0.1) is 12.4 Å². The van der Waals surface area contributed by atoms with Crippen molar-refractivity contribution >= 4 is 35.8 Å². The van der Waals surface area contributed by atoms with Gasteiger partial charge in [-0.05, 0) is 56.5 Å². The number of hydrogen-bond acceptors (Lipinski definition) is 3. The van der Waals surface area contributed by atoms with E-state index in [0.29, 0.717) is 36.8 Å². The lowest BCUT2D eigenvalue weighted by Gasteiger charge is -2.32. The van der Waals surface area contributed by atoms with E-state index in [-0.39, 0.29) is 30.1 Å². The maximum atomic E-state index is 12.5. The Morgan fingerprint density at radius 3 is 2.62 bits per heavy atom. The second kappa shape index (κ2) is 10.5. The predicted octanol–water partition coefficient (Wildman–Crippen LogP) is 2.47. The van der Waals surface area contributed by atoms with Crippen LogP contribution in [0.3, 0.4) is 0 Å². The van der Waals surface area contributed by atoms with Crippen molar-refractivity contribution in [1.82, 2.24) is 10.2 Å². The highest BCUT2D eigenvalue weighted by molar-refractivity contribution is 6.30. The van der Waals surface area contributed by atoms with Gasteiger partial charge in [-0.3, -0.25) is 9.59 Å². The Balaban J connectivity index is 0.00000288. The Hall–Kier alpha value is -1.30. The molecule has 7 heteroatoms. The lowest BCUT2D eigenvalue weighted by Crippen LogP contribution is -2.45. The first-order chi connectivity index (χ1) is 11.1. The van der Waals surface area contributed by atoms with E-state index in [2.05, 4.69) is 5.32 Å². The van der Waals surface area contributed by atoms with Crippen molar-refractivity contribution in [2.45, 2.75) is 25.7 Å². The first-order valence-corrected chi connectivity index (χ1v) is 8.52. The highest BCUT2D eigenvalue weighted by atomic mass is 35.5. The molecule has 1 fully saturated rings. The van der Waals surface area contributed by atoms with Crippen molar-refractivity contribution in [3.8, 4) is 0 Å². The molecule has 1 aliphatic rings. The monoisotopic (exact) mass is 373 g/mol. The lowest BCUT2D eigenvalue weighted by molar-refractivity contribution is -0.126. The van der Waals surface area contributed by atoms with Gasteiger partial charge in [0.05, 0.1) is 5.92 Å². The van der Waals surface area contributed by atoms with Crippen LogP contribution in [-0.2, 0) is 4.79 Å². The third kappa shape index (κ3) is 5.96. The van der Waals surface area contributed by atoms with Crippen LogP contribution in [0.15, 0.2) is 24.3 Å². The second-order valence-electron chi connectivity index (χ2n) is 5.88. The number of carbonyl (C=O) groups is 2. The van der Waals surface area contributed by atoms with E-state index in [9.17, 15) is 9.59 Å². The molecule has 0 aliphatic carbocycles. The molecular formula is C17H25Cl2N3O2. The molecule has 1 saturated heterocycles. The maximum absolute atomic E-state index is 12.5. The first-order valence-electron chi connectivity index (χ1n) is 8.14. The standard InChI is InChI=1S/C17H24ClN3O2.ClH/c18-15-7-5-13(6-8-15)17(23)21-11-3-4-14(12-21)16(22)20-10-2-1-9-19;/h5-8,14H,1-4,9-12,19H2,(H,20,22);1H. The molecular weight excluding hydrogens is 349 g/mol. The van der Waals surface area contributed by atoms with Crippen molar-refractivity contribution < 1.29 is 9.59 Å². The Morgan fingerprint density at radius 1 is 1.25 bits per heavy atom. The SMILES string of the molecule is Cl.NCCCCNC(=O)C1CCCN(C(=O)c2ccc(Cl)cc2)C1. The zero-order valence-electron chi connectivity index (χ0n) is 13.7. The molecule has 2 amide bonds. The number of likely N-dealkylation sites (tertiary alicyclic amines) is 1. The predicted molar refractivity (Wildman–Crippen MR) is 98.6 cm³/mol. The summed E-state index contributed by atoms with van der Waals surface area (Å²) in [6.45, 7) is 2.46. The Morgan fingerprint density at radius 2 is 1.96 bits per heavy atom. The smallest absolute Gasteiger partial charge is 0.253 e. The minimum Gasteiger partial charge on any atom is -0.356 e. The number of amides is 2. The third-order valence-corrected chi connectivity index (χ3v) is 4.35. The summed E-state index contributed by atoms with van der Waals surface area (Å²) < 4.78 is 0. The normalized spacial score (nSPS) is 17.1. The van der Waals surface area contributed by atoms with Gasteiger partial charge in [-0.2, -0.15) is 0 Å². The summed E-state index contributed by atoms with van der Waals surface area (Å²) in [5.41, 5.74) is 6.05. The quantitative estimate of drug-likeness (QED) is 0.752. The largest absolute Gasteiger partial charge is 0.356 e. The van der Waals surface area contributed by atoms with E-state index in [0.717, 1.165) is 25.7 Å². The molecule has 0 saturated carbocycles. The summed E-state index contributed by atoms with van der Waals surface area (Å²) >= 11 is 5.85. The van der Waals surface area contributed by atoms with Gasteiger partial charge in [0.25, 0.3) is 5.91 Å². The fourth-order valence-corrected chi connectivity index (χ4v) is 2.90. The number of benzene rings is 1. The molecule has 24 heavy (non-hydrogen) atoms. The van der Waals surface area contributed by atoms with E-state index in [4.69, 9.17) is 17.3 Å². The van der Waals surface area contributed by atoms with Crippen molar-refractivity contribution in [3.05, 3.63) is 34.9 Å². The van der Waals surface area contributed by atoms with Crippen LogP contribution in [0.25, 0.3) is 0 Å². The number of piperidine rings is 1. The number of rotatable bonds is 6. The lowest BCUT2D eigenvalue weighted by atomic mass is 9.96. The number of nitrogens with two attached hydrogens (primary N) is 1. The second-order valence-corrected chi connectivity index (χ2v) is 6.32. The van der Waals surface area contributed by atoms with Crippen LogP contribution in [0.1, 0.15) is 36.0 Å². The summed E-state index contributed by atoms with van der Waals surface area (Å²) in [7, 11) is 0. The molecule has 0 radical (unpaired) electrons. The molecule has 1 aliphatic heterocycles. The molecule has 1 aromatic rings. The summed E-state index contributed by atoms with van der Waals surface area (Å²) in [6.07, 6.45) is 3.47. The van der Waals surface area contributed by atoms with Crippen LogP contribution >= 0.6 is 24.0 Å². The summed E-state index contributed by atoms with van der Waals surface area (Å²) in [5, 5.41) is 3.55. The Kier molecular flexibility index (Phi) is 9.11. The van der Waals surface area contributed by atoms with Gasteiger partial charge >= 0.3 is 0 Å². The van der Waals surface area contributed by atoms with E-state index in [1.54, 1.807) is 29.2 Å². The van der Waals surface area contributed by atoms with Crippen LogP contribution < -0.4 is 11.1 Å². The van der Waals surface area contributed by atoms with E-state index >= 15 is 0 Å². The minimum atomic E-state index is -0.127. The van der Waals surface area contributed by atoms with Gasteiger partial charge in [-0.25, -0.2) is 0 Å². The number of nitrogens with zero attached hydrogens (tertiary/aromatic N) is 1. The third-order valence-electron chi connectivity index (χ3n) is 4.10. The highest BCUT2D eigenvalue weighted by Gasteiger charge is 2.28. The van der Waals surface area contributed by atoms with Gasteiger partial charge in [-0.1, -0.05) is 11.6 Å².